The summed E-state index contributed by atoms with van der Waals surface area (Å²) in [5.41, 5.74) is 1.52. The van der Waals surface area contributed by atoms with Crippen LogP contribution in [-0.4, -0.2) is 38.0 Å². The molecule has 8 heteroatoms. The molecule has 3 aromatic rings. The molecule has 0 bridgehead atoms. The number of fused-ring (bicyclic) bond motifs is 1. The van der Waals surface area contributed by atoms with Crippen molar-refractivity contribution in [1.82, 2.24) is 19.7 Å². The van der Waals surface area contributed by atoms with Crippen molar-refractivity contribution in [3.05, 3.63) is 35.5 Å². The van der Waals surface area contributed by atoms with Gasteiger partial charge in [0.2, 0.25) is 5.95 Å². The molecular formula is C14H15ClN6O. The largest absolute Gasteiger partial charge is 0.395 e. The monoisotopic (exact) mass is 318 g/mol. The number of rotatable bonds is 5. The first-order valence-electron chi connectivity index (χ1n) is 6.74. The lowest BCUT2D eigenvalue weighted by Gasteiger charge is -2.10. The average Bonchev–Trinajstić information content (AvgIpc) is 2.87. The molecule has 0 spiro atoms. The summed E-state index contributed by atoms with van der Waals surface area (Å²) in [4.78, 5) is 8.83. The molecule has 0 radical (unpaired) electrons. The van der Waals surface area contributed by atoms with Crippen molar-refractivity contribution in [3.63, 3.8) is 0 Å². The van der Waals surface area contributed by atoms with Crippen LogP contribution in [0.15, 0.2) is 30.5 Å². The van der Waals surface area contributed by atoms with E-state index in [-0.39, 0.29) is 6.61 Å². The summed E-state index contributed by atoms with van der Waals surface area (Å²) in [6.07, 6.45) is 1.71. The van der Waals surface area contributed by atoms with Crippen LogP contribution in [0.5, 0.6) is 0 Å². The fraction of sp³-hybridized carbons (Fsp3) is 0.214. The van der Waals surface area contributed by atoms with Crippen molar-refractivity contribution < 1.29 is 5.11 Å². The molecule has 2 aromatic heterocycles. The fourth-order valence-corrected chi connectivity index (χ4v) is 2.26. The Labute approximate surface area is 132 Å². The van der Waals surface area contributed by atoms with Crippen LogP contribution in [0.25, 0.3) is 11.0 Å². The van der Waals surface area contributed by atoms with E-state index >= 15 is 0 Å². The number of hydrogen-bond acceptors (Lipinski definition) is 6. The van der Waals surface area contributed by atoms with Gasteiger partial charge in [0.05, 0.1) is 18.2 Å². The van der Waals surface area contributed by atoms with Crippen LogP contribution in [0.4, 0.5) is 17.5 Å². The SMILES string of the molecule is Cn1ncc2c(Nc3cccc(Cl)c3)nc(NCCO)nc21. The van der Waals surface area contributed by atoms with Gasteiger partial charge in [0.15, 0.2) is 5.65 Å². The summed E-state index contributed by atoms with van der Waals surface area (Å²) < 4.78 is 1.67. The predicted octanol–water partition coefficient (Wildman–Crippen LogP) is 2.16. The van der Waals surface area contributed by atoms with E-state index in [4.69, 9.17) is 16.7 Å². The lowest BCUT2D eigenvalue weighted by molar-refractivity contribution is 0.311. The van der Waals surface area contributed by atoms with Gasteiger partial charge in [0.1, 0.15) is 5.82 Å². The molecule has 0 fully saturated rings. The topological polar surface area (TPSA) is 87.9 Å². The third-order valence-electron chi connectivity index (χ3n) is 3.07. The Morgan fingerprint density at radius 3 is 2.95 bits per heavy atom. The molecule has 0 unspecified atom stereocenters. The standard InChI is InChI=1S/C14H15ClN6O/c1-21-13-11(8-17-21)12(19-14(20-13)16-5-6-22)18-10-4-2-3-9(15)7-10/h2-4,7-8,22H,5-6H2,1H3,(H2,16,18,19,20). The number of nitrogens with zero attached hydrogens (tertiary/aromatic N) is 4. The summed E-state index contributed by atoms with van der Waals surface area (Å²) in [6, 6.07) is 7.38. The highest BCUT2D eigenvalue weighted by atomic mass is 35.5. The molecule has 0 amide bonds. The molecule has 3 N–H and O–H groups in total. The molecule has 0 saturated carbocycles. The first-order chi connectivity index (χ1) is 10.7. The van der Waals surface area contributed by atoms with E-state index in [1.54, 1.807) is 16.9 Å². The third-order valence-corrected chi connectivity index (χ3v) is 3.31. The fourth-order valence-electron chi connectivity index (χ4n) is 2.07. The minimum atomic E-state index is 0.00381. The van der Waals surface area contributed by atoms with Crippen molar-refractivity contribution in [2.75, 3.05) is 23.8 Å². The first kappa shape index (κ1) is 14.6. The minimum Gasteiger partial charge on any atom is -0.395 e. The number of benzene rings is 1. The maximum absolute atomic E-state index is 8.92. The van der Waals surface area contributed by atoms with E-state index in [1.165, 1.54) is 0 Å². The highest BCUT2D eigenvalue weighted by molar-refractivity contribution is 6.30. The number of aromatic nitrogens is 4. The highest BCUT2D eigenvalue weighted by Crippen LogP contribution is 2.25. The maximum Gasteiger partial charge on any atom is 0.226 e. The van der Waals surface area contributed by atoms with Crippen molar-refractivity contribution in [2.45, 2.75) is 0 Å². The van der Waals surface area contributed by atoms with E-state index in [9.17, 15) is 0 Å². The van der Waals surface area contributed by atoms with Crippen LogP contribution in [-0.2, 0) is 7.05 Å². The maximum atomic E-state index is 8.92. The van der Waals surface area contributed by atoms with Crippen LogP contribution in [0, 0.1) is 0 Å². The Hall–Kier alpha value is -2.38. The Morgan fingerprint density at radius 2 is 2.18 bits per heavy atom. The lowest BCUT2D eigenvalue weighted by Crippen LogP contribution is -2.10. The Bertz CT molecular complexity index is 803. The van der Waals surface area contributed by atoms with Crippen molar-refractivity contribution in [2.24, 2.45) is 7.05 Å². The molecule has 2 heterocycles. The minimum absolute atomic E-state index is 0.00381. The van der Waals surface area contributed by atoms with Crippen LogP contribution >= 0.6 is 11.6 Å². The second kappa shape index (κ2) is 6.17. The number of hydrogen-bond donors (Lipinski definition) is 3. The van der Waals surface area contributed by atoms with Crippen LogP contribution < -0.4 is 10.6 Å². The smallest absolute Gasteiger partial charge is 0.226 e. The molecule has 0 atom stereocenters. The van der Waals surface area contributed by atoms with Crippen molar-refractivity contribution in [1.29, 1.82) is 0 Å². The van der Waals surface area contributed by atoms with Gasteiger partial charge in [0, 0.05) is 24.3 Å². The normalized spacial score (nSPS) is 10.9. The number of aliphatic hydroxyl groups excluding tert-OH is 1. The molecule has 3 rings (SSSR count). The summed E-state index contributed by atoms with van der Waals surface area (Å²) in [5.74, 6) is 1.05. The second-order valence-electron chi connectivity index (χ2n) is 4.69. The van der Waals surface area contributed by atoms with Gasteiger partial charge in [-0.1, -0.05) is 17.7 Å². The quantitative estimate of drug-likeness (QED) is 0.668. The number of aliphatic hydroxyl groups is 1. The van der Waals surface area contributed by atoms with Gasteiger partial charge in [-0.05, 0) is 18.2 Å². The van der Waals surface area contributed by atoms with E-state index in [0.717, 1.165) is 11.1 Å². The summed E-state index contributed by atoms with van der Waals surface area (Å²) in [7, 11) is 1.81. The summed E-state index contributed by atoms with van der Waals surface area (Å²) in [6.45, 7) is 0.379. The van der Waals surface area contributed by atoms with Crippen LogP contribution in [0.3, 0.4) is 0 Å². The molecule has 7 nitrogen and oxygen atoms in total. The number of nitrogens with one attached hydrogen (secondary N) is 2. The van der Waals surface area contributed by atoms with Crippen LogP contribution in [0.1, 0.15) is 0 Å². The van der Waals surface area contributed by atoms with E-state index in [2.05, 4.69) is 25.7 Å². The molecule has 0 aliphatic carbocycles. The molecule has 0 aliphatic heterocycles. The number of anilines is 3. The van der Waals surface area contributed by atoms with Crippen molar-refractivity contribution >= 4 is 40.1 Å². The summed E-state index contributed by atoms with van der Waals surface area (Å²) in [5, 5.41) is 20.8. The zero-order valence-corrected chi connectivity index (χ0v) is 12.7. The Kier molecular flexibility index (Phi) is 4.08. The van der Waals surface area contributed by atoms with E-state index in [1.807, 2.05) is 25.2 Å². The first-order valence-corrected chi connectivity index (χ1v) is 7.12. The van der Waals surface area contributed by atoms with Crippen molar-refractivity contribution in [3.8, 4) is 0 Å². The molecule has 0 saturated heterocycles. The van der Waals surface area contributed by atoms with Gasteiger partial charge in [-0.25, -0.2) is 0 Å². The van der Waals surface area contributed by atoms with Gasteiger partial charge in [-0.15, -0.1) is 0 Å². The molecule has 0 aliphatic rings. The number of halogens is 1. The van der Waals surface area contributed by atoms with Crippen LogP contribution in [0.2, 0.25) is 5.02 Å². The second-order valence-corrected chi connectivity index (χ2v) is 5.12. The van der Waals surface area contributed by atoms with Gasteiger partial charge in [0.25, 0.3) is 0 Å². The van der Waals surface area contributed by atoms with Gasteiger partial charge in [-0.3, -0.25) is 4.68 Å². The van der Waals surface area contributed by atoms with Gasteiger partial charge >= 0.3 is 0 Å². The predicted molar refractivity (Wildman–Crippen MR) is 86.6 cm³/mol. The molecule has 1 aromatic carbocycles. The van der Waals surface area contributed by atoms with E-state index in [0.29, 0.717) is 29.0 Å². The Morgan fingerprint density at radius 1 is 1.32 bits per heavy atom. The molecule has 114 valence electrons. The lowest BCUT2D eigenvalue weighted by atomic mass is 10.3. The zero-order valence-electron chi connectivity index (χ0n) is 11.9. The van der Waals surface area contributed by atoms with Gasteiger partial charge in [-0.2, -0.15) is 15.1 Å². The highest BCUT2D eigenvalue weighted by Gasteiger charge is 2.11. The zero-order chi connectivity index (χ0) is 15.5. The number of aryl methyl sites for hydroxylation is 1. The van der Waals surface area contributed by atoms with Gasteiger partial charge < -0.3 is 15.7 Å². The summed E-state index contributed by atoms with van der Waals surface area (Å²) >= 11 is 6.00. The Balaban J connectivity index is 2.02. The molecular weight excluding hydrogens is 304 g/mol. The van der Waals surface area contributed by atoms with E-state index < -0.39 is 0 Å². The average molecular weight is 319 g/mol. The third kappa shape index (κ3) is 2.95. The molecule has 22 heavy (non-hydrogen) atoms.